The summed E-state index contributed by atoms with van der Waals surface area (Å²) in [5.41, 5.74) is 15.8. The molecule has 1 aromatic heterocycles. The molecule has 3 rings (SSSR count). The van der Waals surface area contributed by atoms with Gasteiger partial charge in [0.05, 0.1) is 11.9 Å². The van der Waals surface area contributed by atoms with Gasteiger partial charge in [0.15, 0.2) is 0 Å². The Morgan fingerprint density at radius 1 is 1.45 bits per heavy atom. The molecule has 0 saturated carbocycles. The van der Waals surface area contributed by atoms with E-state index in [0.717, 1.165) is 41.4 Å². The average Bonchev–Trinajstić information content (AvgIpc) is 2.80. The fraction of sp³-hybridized carbons (Fsp3) is 0.400. The first-order valence-corrected chi connectivity index (χ1v) is 7.68. The van der Waals surface area contributed by atoms with Gasteiger partial charge in [0, 0.05) is 15.6 Å². The number of halogens is 1. The zero-order chi connectivity index (χ0) is 14.3. The molecule has 1 aliphatic rings. The molecular formula is C15H18BrN3O. The molecule has 4 nitrogen and oxygen atoms in total. The van der Waals surface area contributed by atoms with E-state index in [9.17, 15) is 4.79 Å². The smallest absolute Gasteiger partial charge is 0.221 e. The Morgan fingerprint density at radius 3 is 2.95 bits per heavy atom. The minimum absolute atomic E-state index is 0.267. The Labute approximate surface area is 126 Å². The highest BCUT2D eigenvalue weighted by Gasteiger charge is 2.23. The molecule has 0 aliphatic heterocycles. The third-order valence-electron chi connectivity index (χ3n) is 4.18. The van der Waals surface area contributed by atoms with Gasteiger partial charge in [-0.3, -0.25) is 4.79 Å². The summed E-state index contributed by atoms with van der Waals surface area (Å²) >= 11 is 3.63. The monoisotopic (exact) mass is 335 g/mol. The fourth-order valence-electron chi connectivity index (χ4n) is 3.16. The molecule has 0 saturated heterocycles. The number of aromatic amines is 1. The zero-order valence-corrected chi connectivity index (χ0v) is 12.8. The van der Waals surface area contributed by atoms with Crippen LogP contribution in [0.3, 0.4) is 0 Å². The quantitative estimate of drug-likeness (QED) is 0.801. The van der Waals surface area contributed by atoms with Crippen molar-refractivity contribution >= 4 is 32.7 Å². The summed E-state index contributed by atoms with van der Waals surface area (Å²) in [6.45, 7) is 0.726. The van der Waals surface area contributed by atoms with Crippen LogP contribution in [0.1, 0.15) is 23.2 Å². The number of primary amides is 1. The zero-order valence-electron chi connectivity index (χ0n) is 11.2. The van der Waals surface area contributed by atoms with Crippen molar-refractivity contribution in [3.8, 4) is 0 Å². The van der Waals surface area contributed by atoms with E-state index < -0.39 is 0 Å². The van der Waals surface area contributed by atoms with Gasteiger partial charge in [0.1, 0.15) is 0 Å². The summed E-state index contributed by atoms with van der Waals surface area (Å²) < 4.78 is 1.07. The van der Waals surface area contributed by atoms with Crippen LogP contribution in [0.15, 0.2) is 16.6 Å². The lowest BCUT2D eigenvalue weighted by Crippen LogP contribution is -2.21. The number of nitrogens with one attached hydrogen (secondary N) is 1. The van der Waals surface area contributed by atoms with Gasteiger partial charge in [-0.15, -0.1) is 0 Å². The standard InChI is InChI=1S/C15H18BrN3O/c16-11-4-2-9(6-13(18)20)15-14(11)10-3-1-8(7-17)5-12(10)19-15/h2,4,8,19H,1,3,5-7,17H2,(H2,18,20). The number of carbonyl (C=O) groups excluding carboxylic acids is 1. The third-order valence-corrected chi connectivity index (χ3v) is 4.84. The molecule has 0 spiro atoms. The molecule has 1 unspecified atom stereocenters. The number of nitrogens with two attached hydrogens (primary N) is 2. The van der Waals surface area contributed by atoms with Crippen LogP contribution in [0.5, 0.6) is 0 Å². The van der Waals surface area contributed by atoms with Crippen molar-refractivity contribution < 1.29 is 4.79 Å². The van der Waals surface area contributed by atoms with Gasteiger partial charge in [0.2, 0.25) is 5.91 Å². The van der Waals surface area contributed by atoms with Crippen LogP contribution in [0, 0.1) is 5.92 Å². The number of fused-ring (bicyclic) bond motifs is 3. The van der Waals surface area contributed by atoms with E-state index in [1.807, 2.05) is 12.1 Å². The van der Waals surface area contributed by atoms with Crippen LogP contribution in [-0.4, -0.2) is 17.4 Å². The molecule has 20 heavy (non-hydrogen) atoms. The van der Waals surface area contributed by atoms with Crippen molar-refractivity contribution in [1.82, 2.24) is 4.98 Å². The van der Waals surface area contributed by atoms with Gasteiger partial charge in [-0.1, -0.05) is 22.0 Å². The molecule has 106 valence electrons. The van der Waals surface area contributed by atoms with Crippen LogP contribution in [0.2, 0.25) is 0 Å². The van der Waals surface area contributed by atoms with Gasteiger partial charge < -0.3 is 16.5 Å². The highest BCUT2D eigenvalue weighted by Crippen LogP contribution is 2.37. The molecule has 2 aromatic rings. The maximum absolute atomic E-state index is 11.2. The maximum Gasteiger partial charge on any atom is 0.221 e. The van der Waals surface area contributed by atoms with Crippen molar-refractivity contribution in [3.05, 3.63) is 33.4 Å². The fourth-order valence-corrected chi connectivity index (χ4v) is 3.73. The first-order valence-electron chi connectivity index (χ1n) is 6.89. The number of amides is 1. The Bertz CT molecular complexity index is 677. The topological polar surface area (TPSA) is 84.9 Å². The summed E-state index contributed by atoms with van der Waals surface area (Å²) in [7, 11) is 0. The summed E-state index contributed by atoms with van der Waals surface area (Å²) in [5, 5.41) is 1.20. The third kappa shape index (κ3) is 2.25. The largest absolute Gasteiger partial charge is 0.369 e. The van der Waals surface area contributed by atoms with Crippen LogP contribution in [-0.2, 0) is 24.1 Å². The predicted molar refractivity (Wildman–Crippen MR) is 83.5 cm³/mol. The molecule has 0 fully saturated rings. The number of H-pyrrole nitrogens is 1. The van der Waals surface area contributed by atoms with E-state index in [1.54, 1.807) is 0 Å². The maximum atomic E-state index is 11.2. The van der Waals surface area contributed by atoms with Gasteiger partial charge in [-0.25, -0.2) is 0 Å². The van der Waals surface area contributed by atoms with Crippen molar-refractivity contribution in [2.75, 3.05) is 6.54 Å². The Morgan fingerprint density at radius 2 is 2.25 bits per heavy atom. The van der Waals surface area contributed by atoms with E-state index in [1.165, 1.54) is 16.6 Å². The van der Waals surface area contributed by atoms with E-state index in [4.69, 9.17) is 11.5 Å². The number of aromatic nitrogens is 1. The first kappa shape index (κ1) is 13.6. The summed E-state index contributed by atoms with van der Waals surface area (Å²) in [6, 6.07) is 3.96. The Balaban J connectivity index is 2.15. The second-order valence-electron chi connectivity index (χ2n) is 5.53. The highest BCUT2D eigenvalue weighted by molar-refractivity contribution is 9.10. The van der Waals surface area contributed by atoms with Crippen molar-refractivity contribution in [1.29, 1.82) is 0 Å². The van der Waals surface area contributed by atoms with Crippen LogP contribution in [0.4, 0.5) is 0 Å². The van der Waals surface area contributed by atoms with Crippen molar-refractivity contribution in [3.63, 3.8) is 0 Å². The lowest BCUT2D eigenvalue weighted by molar-refractivity contribution is -0.117. The molecule has 1 atom stereocenters. The first-order chi connectivity index (χ1) is 9.60. The van der Waals surface area contributed by atoms with Crippen LogP contribution < -0.4 is 11.5 Å². The van der Waals surface area contributed by atoms with Gasteiger partial charge in [-0.2, -0.15) is 0 Å². The van der Waals surface area contributed by atoms with Gasteiger partial charge in [-0.05, 0) is 48.9 Å². The summed E-state index contributed by atoms with van der Waals surface area (Å²) in [5.74, 6) is 0.245. The molecule has 5 N–H and O–H groups in total. The molecular weight excluding hydrogens is 318 g/mol. The molecule has 0 radical (unpaired) electrons. The van der Waals surface area contributed by atoms with Crippen LogP contribution >= 0.6 is 15.9 Å². The minimum atomic E-state index is -0.305. The lowest BCUT2D eigenvalue weighted by Gasteiger charge is -2.20. The van der Waals surface area contributed by atoms with E-state index >= 15 is 0 Å². The van der Waals surface area contributed by atoms with Crippen molar-refractivity contribution in [2.24, 2.45) is 17.4 Å². The van der Waals surface area contributed by atoms with E-state index in [2.05, 4.69) is 20.9 Å². The number of hydrogen-bond acceptors (Lipinski definition) is 2. The van der Waals surface area contributed by atoms with Crippen LogP contribution in [0.25, 0.3) is 10.9 Å². The predicted octanol–water partition coefficient (Wildman–Crippen LogP) is 2.02. The molecule has 1 heterocycles. The minimum Gasteiger partial charge on any atom is -0.369 e. The molecule has 1 aliphatic carbocycles. The SMILES string of the molecule is NCC1CCc2c([nH]c3c(CC(N)=O)ccc(Br)c23)C1. The van der Waals surface area contributed by atoms with E-state index in [0.29, 0.717) is 5.92 Å². The second-order valence-corrected chi connectivity index (χ2v) is 6.38. The number of hydrogen-bond donors (Lipinski definition) is 3. The second kappa shape index (κ2) is 5.22. The van der Waals surface area contributed by atoms with Gasteiger partial charge >= 0.3 is 0 Å². The summed E-state index contributed by atoms with van der Waals surface area (Å²) in [6.07, 6.45) is 3.42. The van der Waals surface area contributed by atoms with Gasteiger partial charge in [0.25, 0.3) is 0 Å². The molecule has 0 bridgehead atoms. The summed E-state index contributed by atoms with van der Waals surface area (Å²) in [4.78, 5) is 14.7. The molecule has 5 heteroatoms. The highest BCUT2D eigenvalue weighted by atomic mass is 79.9. The normalized spacial score (nSPS) is 18.2. The molecule has 1 aromatic carbocycles. The Kier molecular flexibility index (Phi) is 3.56. The number of carbonyl (C=O) groups is 1. The van der Waals surface area contributed by atoms with E-state index in [-0.39, 0.29) is 12.3 Å². The Hall–Kier alpha value is -1.33. The lowest BCUT2D eigenvalue weighted by atomic mass is 9.87. The number of rotatable bonds is 3. The molecule has 1 amide bonds. The van der Waals surface area contributed by atoms with Crippen molar-refractivity contribution in [2.45, 2.75) is 25.7 Å². The number of aryl methyl sites for hydroxylation is 1. The number of benzene rings is 1. The average molecular weight is 336 g/mol.